The van der Waals surface area contributed by atoms with Crippen molar-refractivity contribution >= 4 is 17.5 Å². The molecule has 0 aliphatic heterocycles. The molecule has 1 aliphatic rings. The van der Waals surface area contributed by atoms with E-state index < -0.39 is 5.54 Å². The van der Waals surface area contributed by atoms with Crippen LogP contribution in [0, 0.1) is 12.8 Å². The predicted octanol–water partition coefficient (Wildman–Crippen LogP) is 1.84. The van der Waals surface area contributed by atoms with Gasteiger partial charge in [-0.2, -0.15) is 0 Å². The van der Waals surface area contributed by atoms with Gasteiger partial charge in [0.25, 0.3) is 5.91 Å². The Kier molecular flexibility index (Phi) is 4.32. The number of aryl methyl sites for hydroxylation is 1. The molecule has 2 amide bonds. The summed E-state index contributed by atoms with van der Waals surface area (Å²) < 4.78 is 0. The van der Waals surface area contributed by atoms with Gasteiger partial charge in [-0.15, -0.1) is 0 Å². The summed E-state index contributed by atoms with van der Waals surface area (Å²) in [5, 5.41) is 15.2. The molecule has 0 aromatic heterocycles. The lowest BCUT2D eigenvalue weighted by Gasteiger charge is -2.29. The van der Waals surface area contributed by atoms with E-state index in [9.17, 15) is 14.7 Å². The molecule has 0 bridgehead atoms. The highest BCUT2D eigenvalue weighted by Crippen LogP contribution is 2.39. The number of hydrogen-bond acceptors (Lipinski definition) is 3. The lowest BCUT2D eigenvalue weighted by atomic mass is 9.96. The van der Waals surface area contributed by atoms with E-state index in [-0.39, 0.29) is 18.4 Å². The Bertz CT molecular complexity index is 567. The Hall–Kier alpha value is -1.88. The molecule has 1 aliphatic carbocycles. The van der Waals surface area contributed by atoms with Crippen LogP contribution in [0.4, 0.5) is 5.69 Å². The summed E-state index contributed by atoms with van der Waals surface area (Å²) >= 11 is 0. The maximum Gasteiger partial charge on any atom is 0.251 e. The second-order valence-electron chi connectivity index (χ2n) is 6.01. The molecule has 0 radical (unpaired) electrons. The van der Waals surface area contributed by atoms with E-state index in [1.807, 2.05) is 13.8 Å². The number of rotatable bonds is 5. The molecule has 0 spiro atoms. The quantitative estimate of drug-likeness (QED) is 0.774. The maximum atomic E-state index is 12.4. The summed E-state index contributed by atoms with van der Waals surface area (Å²) in [5.41, 5.74) is 1.43. The van der Waals surface area contributed by atoms with Gasteiger partial charge in [-0.05, 0) is 50.3 Å². The first-order valence-electron chi connectivity index (χ1n) is 7.17. The molecule has 0 heterocycles. The number of aliphatic hydroxyl groups excluding tert-OH is 1. The van der Waals surface area contributed by atoms with Crippen molar-refractivity contribution < 1.29 is 14.7 Å². The smallest absolute Gasteiger partial charge is 0.251 e. The molecule has 114 valence electrons. The van der Waals surface area contributed by atoms with Gasteiger partial charge in [0, 0.05) is 18.2 Å². The van der Waals surface area contributed by atoms with Crippen molar-refractivity contribution in [3.05, 3.63) is 29.3 Å². The van der Waals surface area contributed by atoms with E-state index in [1.165, 1.54) is 6.92 Å². The summed E-state index contributed by atoms with van der Waals surface area (Å²) in [6.07, 6.45) is 2.06. The van der Waals surface area contributed by atoms with Crippen molar-refractivity contribution in [1.82, 2.24) is 5.32 Å². The average molecular weight is 290 g/mol. The molecule has 1 aromatic carbocycles. The minimum atomic E-state index is -0.573. The van der Waals surface area contributed by atoms with Crippen LogP contribution < -0.4 is 10.6 Å². The molecule has 1 atom stereocenters. The lowest BCUT2D eigenvalue weighted by Crippen LogP contribution is -2.50. The third-order valence-electron chi connectivity index (χ3n) is 4.02. The monoisotopic (exact) mass is 290 g/mol. The molecule has 5 nitrogen and oxygen atoms in total. The molecule has 21 heavy (non-hydrogen) atoms. The summed E-state index contributed by atoms with van der Waals surface area (Å²) in [5.74, 6) is -0.0643. The second-order valence-corrected chi connectivity index (χ2v) is 6.01. The number of aliphatic hydroxyl groups is 1. The van der Waals surface area contributed by atoms with E-state index in [1.54, 1.807) is 18.2 Å². The molecule has 3 N–H and O–H groups in total. The van der Waals surface area contributed by atoms with Crippen LogP contribution in [0.1, 0.15) is 42.6 Å². The van der Waals surface area contributed by atoms with Gasteiger partial charge >= 0.3 is 0 Å². The van der Waals surface area contributed by atoms with E-state index in [2.05, 4.69) is 10.6 Å². The zero-order valence-corrected chi connectivity index (χ0v) is 12.7. The Balaban J connectivity index is 2.17. The van der Waals surface area contributed by atoms with Gasteiger partial charge in [0.1, 0.15) is 0 Å². The Morgan fingerprint density at radius 2 is 2.05 bits per heavy atom. The lowest BCUT2D eigenvalue weighted by molar-refractivity contribution is -0.114. The SMILES string of the molecule is CC(=O)Nc1cc(C(=O)NC(C)(CO)C2CC2)ccc1C. The number of carbonyl (C=O) groups excluding carboxylic acids is 2. The first-order chi connectivity index (χ1) is 9.85. The van der Waals surface area contributed by atoms with Crippen molar-refractivity contribution in [2.75, 3.05) is 11.9 Å². The van der Waals surface area contributed by atoms with Crippen LogP contribution in [-0.4, -0.2) is 29.1 Å². The van der Waals surface area contributed by atoms with Gasteiger partial charge in [-0.25, -0.2) is 0 Å². The number of benzene rings is 1. The Labute approximate surface area is 124 Å². The number of nitrogens with one attached hydrogen (secondary N) is 2. The third kappa shape index (κ3) is 3.61. The first kappa shape index (κ1) is 15.5. The minimum Gasteiger partial charge on any atom is -0.394 e. The van der Waals surface area contributed by atoms with Crippen LogP contribution in [0.15, 0.2) is 18.2 Å². The van der Waals surface area contributed by atoms with Crippen LogP contribution in [0.5, 0.6) is 0 Å². The highest BCUT2D eigenvalue weighted by atomic mass is 16.3. The second kappa shape index (κ2) is 5.85. The van der Waals surface area contributed by atoms with Crippen LogP contribution >= 0.6 is 0 Å². The fourth-order valence-electron chi connectivity index (χ4n) is 2.41. The zero-order chi connectivity index (χ0) is 15.6. The Morgan fingerprint density at radius 1 is 1.38 bits per heavy atom. The molecule has 2 rings (SSSR count). The Morgan fingerprint density at radius 3 is 2.57 bits per heavy atom. The zero-order valence-electron chi connectivity index (χ0n) is 12.7. The van der Waals surface area contributed by atoms with E-state index >= 15 is 0 Å². The van der Waals surface area contributed by atoms with Crippen molar-refractivity contribution in [2.45, 2.75) is 39.2 Å². The first-order valence-corrected chi connectivity index (χ1v) is 7.17. The highest BCUT2D eigenvalue weighted by Gasteiger charge is 2.42. The molecule has 0 saturated heterocycles. The number of carbonyl (C=O) groups is 2. The fraction of sp³-hybridized carbons (Fsp3) is 0.500. The minimum absolute atomic E-state index is 0.0756. The van der Waals surface area contributed by atoms with Gasteiger partial charge in [0.05, 0.1) is 12.1 Å². The number of amides is 2. The normalized spacial score (nSPS) is 17.0. The van der Waals surface area contributed by atoms with Crippen molar-refractivity contribution in [3.8, 4) is 0 Å². The average Bonchev–Trinajstić information content (AvgIpc) is 3.25. The third-order valence-corrected chi connectivity index (χ3v) is 4.02. The van der Waals surface area contributed by atoms with Crippen LogP contribution in [-0.2, 0) is 4.79 Å². The summed E-state index contributed by atoms with van der Waals surface area (Å²) in [7, 11) is 0. The summed E-state index contributed by atoms with van der Waals surface area (Å²) in [6, 6.07) is 5.19. The van der Waals surface area contributed by atoms with Crippen LogP contribution in [0.2, 0.25) is 0 Å². The maximum absolute atomic E-state index is 12.4. The van der Waals surface area contributed by atoms with Gasteiger partial charge in [-0.3, -0.25) is 9.59 Å². The van der Waals surface area contributed by atoms with E-state index in [0.29, 0.717) is 17.2 Å². The van der Waals surface area contributed by atoms with Crippen LogP contribution in [0.25, 0.3) is 0 Å². The van der Waals surface area contributed by atoms with Crippen LogP contribution in [0.3, 0.4) is 0 Å². The summed E-state index contributed by atoms with van der Waals surface area (Å²) in [4.78, 5) is 23.5. The highest BCUT2D eigenvalue weighted by molar-refractivity contribution is 5.97. The van der Waals surface area contributed by atoms with Gasteiger partial charge in [-0.1, -0.05) is 6.07 Å². The van der Waals surface area contributed by atoms with Gasteiger partial charge < -0.3 is 15.7 Å². The predicted molar refractivity (Wildman–Crippen MR) is 81.2 cm³/mol. The number of anilines is 1. The molecular formula is C16H22N2O3. The molecule has 1 unspecified atom stereocenters. The van der Waals surface area contributed by atoms with E-state index in [0.717, 1.165) is 18.4 Å². The van der Waals surface area contributed by atoms with E-state index in [4.69, 9.17) is 0 Å². The largest absolute Gasteiger partial charge is 0.394 e. The fourth-order valence-corrected chi connectivity index (χ4v) is 2.41. The molecule has 1 aromatic rings. The standard InChI is InChI=1S/C16H22N2O3/c1-10-4-5-12(8-14(10)17-11(2)20)15(21)18-16(3,9-19)13-6-7-13/h4-5,8,13,19H,6-7,9H2,1-3H3,(H,17,20)(H,18,21). The number of hydrogen-bond donors (Lipinski definition) is 3. The molecule has 5 heteroatoms. The molecule has 1 saturated carbocycles. The summed E-state index contributed by atoms with van der Waals surface area (Å²) in [6.45, 7) is 5.09. The van der Waals surface area contributed by atoms with Crippen molar-refractivity contribution in [2.24, 2.45) is 5.92 Å². The van der Waals surface area contributed by atoms with Gasteiger partial charge in [0.2, 0.25) is 5.91 Å². The van der Waals surface area contributed by atoms with Gasteiger partial charge in [0.15, 0.2) is 0 Å². The molecular weight excluding hydrogens is 268 g/mol. The molecule has 1 fully saturated rings. The topological polar surface area (TPSA) is 78.4 Å². The van der Waals surface area contributed by atoms with Crippen molar-refractivity contribution in [1.29, 1.82) is 0 Å². The van der Waals surface area contributed by atoms with Crippen molar-refractivity contribution in [3.63, 3.8) is 0 Å².